The van der Waals surface area contributed by atoms with Gasteiger partial charge in [-0.05, 0) is 35.4 Å². The molecule has 0 aliphatic carbocycles. The largest absolute Gasteiger partial charge is 0.295 e. The minimum absolute atomic E-state index is 0.0812. The highest BCUT2D eigenvalue weighted by molar-refractivity contribution is 7.11. The van der Waals surface area contributed by atoms with Crippen molar-refractivity contribution >= 4 is 17.0 Å². The first-order valence-corrected chi connectivity index (χ1v) is 6.41. The third-order valence-electron chi connectivity index (χ3n) is 2.52. The smallest absolute Gasteiger partial charge is 0.258 e. The summed E-state index contributed by atoms with van der Waals surface area (Å²) in [4.78, 5) is 10.8. The molecule has 0 bridgehead atoms. The molecule has 1 aromatic carbocycles. The number of hydrogen-bond acceptors (Lipinski definition) is 3. The highest BCUT2D eigenvalue weighted by Gasteiger charge is 2.12. The fourth-order valence-electron chi connectivity index (χ4n) is 1.49. The number of benzene rings is 1. The number of nitrogens with zero attached hydrogens (tertiary/aromatic N) is 1. The van der Waals surface area contributed by atoms with Crippen LogP contribution in [0.5, 0.6) is 0 Å². The van der Waals surface area contributed by atoms with Gasteiger partial charge >= 0.3 is 0 Å². The Balaban J connectivity index is 2.25. The summed E-state index contributed by atoms with van der Waals surface area (Å²) in [5.41, 5.74) is 2.20. The lowest BCUT2D eigenvalue weighted by Crippen LogP contribution is -1.86. The zero-order valence-corrected chi connectivity index (χ0v) is 10.7. The third kappa shape index (κ3) is 2.76. The third-order valence-corrected chi connectivity index (χ3v) is 3.34. The van der Waals surface area contributed by atoms with Crippen molar-refractivity contribution in [2.75, 3.05) is 0 Å². The average molecular weight is 257 g/mol. The van der Waals surface area contributed by atoms with Gasteiger partial charge in [0.15, 0.2) is 4.88 Å². The van der Waals surface area contributed by atoms with E-state index in [2.05, 4.69) is 18.8 Å². The first-order chi connectivity index (χ1) is 8.70. The molecule has 3 nitrogen and oxygen atoms in total. The van der Waals surface area contributed by atoms with Crippen LogP contribution in [0.15, 0.2) is 35.7 Å². The van der Waals surface area contributed by atoms with Crippen LogP contribution in [0.4, 0.5) is 5.69 Å². The van der Waals surface area contributed by atoms with Gasteiger partial charge in [-0.15, -0.1) is 11.3 Å². The topological polar surface area (TPSA) is 43.1 Å². The quantitative estimate of drug-likeness (QED) is 0.468. The number of thiophene rings is 1. The van der Waals surface area contributed by atoms with Crippen LogP contribution in [-0.4, -0.2) is 4.92 Å². The Kier molecular flexibility index (Phi) is 3.75. The summed E-state index contributed by atoms with van der Waals surface area (Å²) < 4.78 is 0. The minimum atomic E-state index is -0.402. The first kappa shape index (κ1) is 12.3. The van der Waals surface area contributed by atoms with Crippen LogP contribution < -0.4 is 0 Å². The fourth-order valence-corrected chi connectivity index (χ4v) is 2.20. The second-order valence-corrected chi connectivity index (χ2v) is 4.61. The van der Waals surface area contributed by atoms with E-state index < -0.39 is 4.92 Å². The summed E-state index contributed by atoms with van der Waals surface area (Å²) in [7, 11) is 0. The molecule has 0 fully saturated rings. The maximum Gasteiger partial charge on any atom is 0.295 e. The van der Waals surface area contributed by atoms with Gasteiger partial charge in [-0.3, -0.25) is 10.1 Å². The average Bonchev–Trinajstić information content (AvgIpc) is 2.85. The van der Waals surface area contributed by atoms with Gasteiger partial charge in [0.25, 0.3) is 5.69 Å². The van der Waals surface area contributed by atoms with Gasteiger partial charge < -0.3 is 0 Å². The van der Waals surface area contributed by atoms with Gasteiger partial charge in [0, 0.05) is 11.6 Å². The molecule has 18 heavy (non-hydrogen) atoms. The molecule has 4 heteroatoms. The molecule has 2 rings (SSSR count). The van der Waals surface area contributed by atoms with E-state index >= 15 is 0 Å². The number of aryl methyl sites for hydroxylation is 1. The van der Waals surface area contributed by atoms with Crippen molar-refractivity contribution in [2.45, 2.75) is 13.3 Å². The summed E-state index contributed by atoms with van der Waals surface area (Å²) in [6.45, 7) is 2.09. The van der Waals surface area contributed by atoms with Crippen LogP contribution in [-0.2, 0) is 6.42 Å². The zero-order valence-electron chi connectivity index (χ0n) is 9.84. The number of nitro groups is 1. The van der Waals surface area contributed by atoms with Gasteiger partial charge in [0.2, 0.25) is 0 Å². The van der Waals surface area contributed by atoms with E-state index in [0.717, 1.165) is 12.0 Å². The second-order valence-electron chi connectivity index (χ2n) is 3.69. The summed E-state index contributed by atoms with van der Waals surface area (Å²) in [6.07, 6.45) is 0.990. The number of rotatable bonds is 2. The minimum Gasteiger partial charge on any atom is -0.258 e. The van der Waals surface area contributed by atoms with Crippen molar-refractivity contribution in [1.29, 1.82) is 0 Å². The van der Waals surface area contributed by atoms with E-state index in [1.54, 1.807) is 5.38 Å². The summed E-state index contributed by atoms with van der Waals surface area (Å²) in [6, 6.07) is 9.39. The van der Waals surface area contributed by atoms with Gasteiger partial charge in [-0.2, -0.15) is 0 Å². The van der Waals surface area contributed by atoms with Crippen LogP contribution in [0.1, 0.15) is 22.9 Å². The molecule has 0 aliphatic rings. The Hall–Kier alpha value is -2.12. The van der Waals surface area contributed by atoms with E-state index in [1.807, 2.05) is 24.3 Å². The predicted molar refractivity (Wildman–Crippen MR) is 72.8 cm³/mol. The van der Waals surface area contributed by atoms with Crippen molar-refractivity contribution in [2.24, 2.45) is 0 Å². The summed E-state index contributed by atoms with van der Waals surface area (Å²) in [5.74, 6) is 5.80. The molecule has 1 heterocycles. The maximum absolute atomic E-state index is 10.7. The Morgan fingerprint density at radius 1 is 1.22 bits per heavy atom. The van der Waals surface area contributed by atoms with Crippen LogP contribution in [0.2, 0.25) is 0 Å². The highest BCUT2D eigenvalue weighted by atomic mass is 32.1. The molecule has 0 radical (unpaired) electrons. The van der Waals surface area contributed by atoms with E-state index in [4.69, 9.17) is 0 Å². The van der Waals surface area contributed by atoms with Crippen molar-refractivity contribution in [3.8, 4) is 11.8 Å². The van der Waals surface area contributed by atoms with Crippen molar-refractivity contribution in [3.05, 3.63) is 61.8 Å². The Labute approximate surface area is 109 Å². The molecule has 0 N–H and O–H groups in total. The monoisotopic (exact) mass is 257 g/mol. The normalized spacial score (nSPS) is 9.61. The highest BCUT2D eigenvalue weighted by Crippen LogP contribution is 2.23. The molecule has 0 saturated carbocycles. The molecule has 0 saturated heterocycles. The van der Waals surface area contributed by atoms with E-state index in [9.17, 15) is 10.1 Å². The predicted octanol–water partition coefficient (Wildman–Crippen LogP) is 3.62. The molecule has 90 valence electrons. The molecular weight excluding hydrogens is 246 g/mol. The maximum atomic E-state index is 10.7. The Morgan fingerprint density at radius 3 is 2.56 bits per heavy atom. The second kappa shape index (κ2) is 5.48. The van der Waals surface area contributed by atoms with Gasteiger partial charge in [0.05, 0.1) is 4.92 Å². The molecule has 0 atom stereocenters. The standard InChI is InChI=1S/C14H11NO2S/c1-2-11-3-5-12(6-4-11)7-8-14-13(15(16)17)9-10-18-14/h3-6,9-10H,2H2,1H3. The lowest BCUT2D eigenvalue weighted by Gasteiger charge is -1.94. The lowest BCUT2D eigenvalue weighted by molar-refractivity contribution is -0.384. The number of hydrogen-bond donors (Lipinski definition) is 0. The first-order valence-electron chi connectivity index (χ1n) is 5.53. The molecule has 2 aromatic rings. The lowest BCUT2D eigenvalue weighted by atomic mass is 10.1. The van der Waals surface area contributed by atoms with Crippen molar-refractivity contribution < 1.29 is 4.92 Å². The molecule has 0 spiro atoms. The Morgan fingerprint density at radius 2 is 1.94 bits per heavy atom. The van der Waals surface area contributed by atoms with Crippen LogP contribution >= 0.6 is 11.3 Å². The van der Waals surface area contributed by atoms with E-state index in [-0.39, 0.29) is 5.69 Å². The van der Waals surface area contributed by atoms with E-state index in [0.29, 0.717) is 4.88 Å². The summed E-state index contributed by atoms with van der Waals surface area (Å²) >= 11 is 1.29. The zero-order chi connectivity index (χ0) is 13.0. The van der Waals surface area contributed by atoms with Crippen LogP contribution in [0.25, 0.3) is 0 Å². The van der Waals surface area contributed by atoms with Crippen LogP contribution in [0.3, 0.4) is 0 Å². The molecule has 0 aliphatic heterocycles. The van der Waals surface area contributed by atoms with Crippen molar-refractivity contribution in [3.63, 3.8) is 0 Å². The van der Waals surface area contributed by atoms with Gasteiger partial charge in [0.1, 0.15) is 0 Å². The molecule has 0 unspecified atom stereocenters. The molecule has 0 amide bonds. The van der Waals surface area contributed by atoms with Gasteiger partial charge in [-0.1, -0.05) is 25.0 Å². The Bertz CT molecular complexity index is 617. The fraction of sp³-hybridized carbons (Fsp3) is 0.143. The molecule has 1 aromatic heterocycles. The van der Waals surface area contributed by atoms with Gasteiger partial charge in [-0.25, -0.2) is 0 Å². The van der Waals surface area contributed by atoms with Crippen LogP contribution in [0, 0.1) is 22.0 Å². The SMILES string of the molecule is CCc1ccc(C#Cc2sccc2[N+](=O)[O-])cc1. The molecular formula is C14H11NO2S. The van der Waals surface area contributed by atoms with Crippen molar-refractivity contribution in [1.82, 2.24) is 0 Å². The summed E-state index contributed by atoms with van der Waals surface area (Å²) in [5, 5.41) is 12.4. The van der Waals surface area contributed by atoms with E-state index in [1.165, 1.54) is 23.0 Å².